The van der Waals surface area contributed by atoms with Crippen LogP contribution >= 0.6 is 11.6 Å². The van der Waals surface area contributed by atoms with Crippen molar-refractivity contribution in [2.45, 2.75) is 12.8 Å². The van der Waals surface area contributed by atoms with Crippen LogP contribution in [0.3, 0.4) is 0 Å². The summed E-state index contributed by atoms with van der Waals surface area (Å²) in [5.41, 5.74) is 0.974. The average molecular weight is 306 g/mol. The van der Waals surface area contributed by atoms with Crippen LogP contribution in [-0.2, 0) is 0 Å². The van der Waals surface area contributed by atoms with Crippen LogP contribution < -0.4 is 0 Å². The van der Waals surface area contributed by atoms with Gasteiger partial charge in [0.15, 0.2) is 5.78 Å². The minimum absolute atomic E-state index is 0.0161. The first-order chi connectivity index (χ1) is 9.90. The Morgan fingerprint density at radius 3 is 2.29 bits per heavy atom. The second-order valence-corrected chi connectivity index (χ2v) is 5.08. The fourth-order valence-electron chi connectivity index (χ4n) is 2.07. The average Bonchev–Trinajstić information content (AvgIpc) is 2.37. The first kappa shape index (κ1) is 15.1. The van der Waals surface area contributed by atoms with Gasteiger partial charge in [0.05, 0.1) is 6.07 Å². The van der Waals surface area contributed by atoms with E-state index in [1.54, 1.807) is 25.1 Å². The lowest BCUT2D eigenvalue weighted by Gasteiger charge is -2.10. The standard InChI is InChI=1S/C16H10ClF2NO/c1-9-2-11(4-12(17)3-9)16(21)15(8-20)10-5-13(18)7-14(19)6-10/h2-7,15H,1H3. The third kappa shape index (κ3) is 3.45. The molecule has 0 aromatic heterocycles. The number of ketones is 1. The molecule has 1 atom stereocenters. The van der Waals surface area contributed by atoms with Gasteiger partial charge in [-0.3, -0.25) is 4.79 Å². The summed E-state index contributed by atoms with van der Waals surface area (Å²) in [7, 11) is 0. The van der Waals surface area contributed by atoms with Crippen molar-refractivity contribution < 1.29 is 13.6 Å². The van der Waals surface area contributed by atoms with Gasteiger partial charge in [-0.25, -0.2) is 8.78 Å². The zero-order chi connectivity index (χ0) is 15.6. The lowest BCUT2D eigenvalue weighted by molar-refractivity contribution is 0.0978. The number of hydrogen-bond donors (Lipinski definition) is 0. The van der Waals surface area contributed by atoms with E-state index in [-0.39, 0.29) is 11.1 Å². The third-order valence-corrected chi connectivity index (χ3v) is 3.15. The van der Waals surface area contributed by atoms with Gasteiger partial charge in [0.1, 0.15) is 17.6 Å². The minimum atomic E-state index is -1.28. The minimum Gasteiger partial charge on any atom is -0.292 e. The van der Waals surface area contributed by atoms with Crippen molar-refractivity contribution in [3.8, 4) is 6.07 Å². The zero-order valence-corrected chi connectivity index (χ0v) is 11.8. The van der Waals surface area contributed by atoms with Crippen molar-refractivity contribution in [3.05, 3.63) is 69.7 Å². The van der Waals surface area contributed by atoms with Crippen molar-refractivity contribution in [1.29, 1.82) is 5.26 Å². The topological polar surface area (TPSA) is 40.9 Å². The quantitative estimate of drug-likeness (QED) is 0.788. The lowest BCUT2D eigenvalue weighted by atomic mass is 9.91. The highest BCUT2D eigenvalue weighted by molar-refractivity contribution is 6.31. The van der Waals surface area contributed by atoms with Crippen LogP contribution in [0.2, 0.25) is 5.02 Å². The van der Waals surface area contributed by atoms with Crippen molar-refractivity contribution in [2.75, 3.05) is 0 Å². The molecule has 0 saturated heterocycles. The summed E-state index contributed by atoms with van der Waals surface area (Å²) in [4.78, 5) is 12.4. The van der Waals surface area contributed by atoms with Crippen LogP contribution in [0.1, 0.15) is 27.4 Å². The summed E-state index contributed by atoms with van der Waals surface area (Å²) >= 11 is 5.88. The number of aryl methyl sites for hydroxylation is 1. The first-order valence-corrected chi connectivity index (χ1v) is 6.45. The SMILES string of the molecule is Cc1cc(Cl)cc(C(=O)C(C#N)c2cc(F)cc(F)c2)c1. The molecule has 106 valence electrons. The number of carbonyl (C=O) groups excluding carboxylic acids is 1. The van der Waals surface area contributed by atoms with Gasteiger partial charge in [-0.05, 0) is 48.4 Å². The van der Waals surface area contributed by atoms with E-state index in [0.29, 0.717) is 11.1 Å². The van der Waals surface area contributed by atoms with E-state index in [9.17, 15) is 18.8 Å². The molecule has 0 aliphatic carbocycles. The van der Waals surface area contributed by atoms with E-state index in [2.05, 4.69) is 0 Å². The van der Waals surface area contributed by atoms with E-state index in [1.165, 1.54) is 6.07 Å². The molecule has 2 rings (SSSR count). The predicted molar refractivity (Wildman–Crippen MR) is 75.2 cm³/mol. The third-order valence-electron chi connectivity index (χ3n) is 2.94. The van der Waals surface area contributed by atoms with Crippen LogP contribution in [-0.4, -0.2) is 5.78 Å². The first-order valence-electron chi connectivity index (χ1n) is 6.07. The number of nitrogens with zero attached hydrogens (tertiary/aromatic N) is 1. The molecule has 0 N–H and O–H groups in total. The Labute approximate surface area is 125 Å². The number of halogens is 3. The molecular weight excluding hydrogens is 296 g/mol. The Morgan fingerprint density at radius 1 is 1.14 bits per heavy atom. The van der Waals surface area contributed by atoms with Gasteiger partial charge in [0.25, 0.3) is 0 Å². The van der Waals surface area contributed by atoms with Crippen LogP contribution in [0.4, 0.5) is 8.78 Å². The molecule has 1 unspecified atom stereocenters. The fourth-order valence-corrected chi connectivity index (χ4v) is 2.36. The summed E-state index contributed by atoms with van der Waals surface area (Å²) in [6.45, 7) is 1.76. The molecule has 0 bridgehead atoms. The highest BCUT2D eigenvalue weighted by Gasteiger charge is 2.23. The number of carbonyl (C=O) groups is 1. The number of benzene rings is 2. The van der Waals surface area contributed by atoms with E-state index < -0.39 is 23.3 Å². The summed E-state index contributed by atoms with van der Waals surface area (Å²) < 4.78 is 26.5. The van der Waals surface area contributed by atoms with Crippen molar-refractivity contribution >= 4 is 17.4 Å². The largest absolute Gasteiger partial charge is 0.292 e. The predicted octanol–water partition coefficient (Wildman–Crippen LogP) is 4.42. The molecule has 0 aliphatic heterocycles. The zero-order valence-electron chi connectivity index (χ0n) is 11.0. The number of rotatable bonds is 3. The van der Waals surface area contributed by atoms with Gasteiger partial charge >= 0.3 is 0 Å². The maximum absolute atomic E-state index is 13.2. The van der Waals surface area contributed by atoms with E-state index in [4.69, 9.17) is 11.6 Å². The summed E-state index contributed by atoms with van der Waals surface area (Å²) in [5.74, 6) is -3.50. The molecular formula is C16H10ClF2NO. The number of Topliss-reactive ketones (excluding diaryl/α,β-unsaturated/α-hetero) is 1. The Bertz CT molecular complexity index is 712. The van der Waals surface area contributed by atoms with Crippen LogP contribution in [0.25, 0.3) is 0 Å². The normalized spacial score (nSPS) is 11.8. The Hall–Kier alpha value is -2.25. The van der Waals surface area contributed by atoms with Gasteiger partial charge < -0.3 is 0 Å². The lowest BCUT2D eigenvalue weighted by Crippen LogP contribution is -2.12. The van der Waals surface area contributed by atoms with Crippen molar-refractivity contribution in [3.63, 3.8) is 0 Å². The van der Waals surface area contributed by atoms with Crippen LogP contribution in [0, 0.1) is 29.9 Å². The molecule has 0 fully saturated rings. The number of nitriles is 1. The van der Waals surface area contributed by atoms with E-state index in [1.807, 2.05) is 0 Å². The maximum Gasteiger partial charge on any atom is 0.184 e. The highest BCUT2D eigenvalue weighted by Crippen LogP contribution is 2.24. The van der Waals surface area contributed by atoms with E-state index in [0.717, 1.165) is 17.7 Å². The van der Waals surface area contributed by atoms with Gasteiger partial charge in [0, 0.05) is 16.7 Å². The second kappa shape index (κ2) is 6.02. The monoisotopic (exact) mass is 305 g/mol. The Kier molecular flexibility index (Phi) is 4.35. The van der Waals surface area contributed by atoms with Gasteiger partial charge in [-0.1, -0.05) is 11.6 Å². The smallest absolute Gasteiger partial charge is 0.184 e. The summed E-state index contributed by atoms with van der Waals surface area (Å²) in [5, 5.41) is 9.54. The van der Waals surface area contributed by atoms with Crippen molar-refractivity contribution in [2.24, 2.45) is 0 Å². The Balaban J connectivity index is 2.46. The molecule has 2 aromatic rings. The maximum atomic E-state index is 13.2. The molecule has 0 radical (unpaired) electrons. The summed E-state index contributed by atoms with van der Waals surface area (Å²) in [6, 6.07) is 9.10. The molecule has 0 spiro atoms. The van der Waals surface area contributed by atoms with E-state index >= 15 is 0 Å². The molecule has 0 aliphatic rings. The van der Waals surface area contributed by atoms with Crippen LogP contribution in [0.15, 0.2) is 36.4 Å². The molecule has 0 heterocycles. The molecule has 2 nitrogen and oxygen atoms in total. The number of hydrogen-bond acceptors (Lipinski definition) is 2. The van der Waals surface area contributed by atoms with Gasteiger partial charge in [0.2, 0.25) is 0 Å². The Morgan fingerprint density at radius 2 is 1.76 bits per heavy atom. The fraction of sp³-hybridized carbons (Fsp3) is 0.125. The molecule has 5 heteroatoms. The second-order valence-electron chi connectivity index (χ2n) is 4.65. The van der Waals surface area contributed by atoms with Crippen molar-refractivity contribution in [1.82, 2.24) is 0 Å². The van der Waals surface area contributed by atoms with Crippen LogP contribution in [0.5, 0.6) is 0 Å². The van der Waals surface area contributed by atoms with Gasteiger partial charge in [-0.2, -0.15) is 5.26 Å². The highest BCUT2D eigenvalue weighted by atomic mass is 35.5. The van der Waals surface area contributed by atoms with Gasteiger partial charge in [-0.15, -0.1) is 0 Å². The summed E-state index contributed by atoms with van der Waals surface area (Å²) in [6.07, 6.45) is 0. The molecule has 0 amide bonds. The molecule has 0 saturated carbocycles. The molecule has 21 heavy (non-hydrogen) atoms. The molecule has 2 aromatic carbocycles.